The number of carbonyl (C=O) groups excluding carboxylic acids is 1. The van der Waals surface area contributed by atoms with E-state index in [1.807, 2.05) is 12.1 Å². The number of amides is 1. The van der Waals surface area contributed by atoms with Crippen LogP contribution in [0.25, 0.3) is 0 Å². The van der Waals surface area contributed by atoms with Gasteiger partial charge in [-0.05, 0) is 59.5 Å². The zero-order valence-electron chi connectivity index (χ0n) is 9.25. The molecule has 1 unspecified atom stereocenters. The Labute approximate surface area is 120 Å². The van der Waals surface area contributed by atoms with Crippen molar-refractivity contribution in [3.8, 4) is 0 Å². The number of anilines is 1. The maximum absolute atomic E-state index is 11.8. The first kappa shape index (κ1) is 12.9. The molecule has 0 saturated carbocycles. The van der Waals surface area contributed by atoms with Crippen molar-refractivity contribution in [3.63, 3.8) is 0 Å². The molecule has 2 nitrogen and oxygen atoms in total. The molecule has 1 amide bonds. The summed E-state index contributed by atoms with van der Waals surface area (Å²) in [7, 11) is 0. The number of rotatable bonds is 3. The van der Waals surface area contributed by atoms with Crippen molar-refractivity contribution in [3.05, 3.63) is 38.9 Å². The van der Waals surface area contributed by atoms with Crippen molar-refractivity contribution in [2.45, 2.75) is 19.3 Å². The zero-order chi connectivity index (χ0) is 12.3. The molecule has 4 heteroatoms. The number of hydrogen-bond acceptors (Lipinski definition) is 1. The third kappa shape index (κ3) is 3.71. The number of carbonyl (C=O) groups is 1. The summed E-state index contributed by atoms with van der Waals surface area (Å²) < 4.78 is 0.963. The Balaban J connectivity index is 1.95. The molecule has 2 rings (SSSR count). The molecule has 1 aliphatic rings. The van der Waals surface area contributed by atoms with Gasteiger partial charge in [-0.15, -0.1) is 0 Å². The van der Waals surface area contributed by atoms with Gasteiger partial charge in [-0.25, -0.2) is 0 Å². The van der Waals surface area contributed by atoms with Crippen molar-refractivity contribution >= 4 is 45.8 Å². The molecule has 1 aromatic carbocycles. The van der Waals surface area contributed by atoms with Gasteiger partial charge in [0.15, 0.2) is 0 Å². The average molecular weight is 362 g/mol. The lowest BCUT2D eigenvalue weighted by molar-refractivity contribution is -0.116. The van der Waals surface area contributed by atoms with E-state index in [-0.39, 0.29) is 5.91 Å². The molecule has 90 valence electrons. The van der Waals surface area contributed by atoms with E-state index in [4.69, 9.17) is 11.6 Å². The van der Waals surface area contributed by atoms with E-state index in [2.05, 4.69) is 40.1 Å². The lowest BCUT2D eigenvalue weighted by atomic mass is 10.1. The normalized spacial score (nSPS) is 18.4. The van der Waals surface area contributed by atoms with Gasteiger partial charge in [0.2, 0.25) is 5.91 Å². The molecule has 0 heterocycles. The molecule has 17 heavy (non-hydrogen) atoms. The van der Waals surface area contributed by atoms with Crippen LogP contribution in [0, 0.1) is 9.49 Å². The van der Waals surface area contributed by atoms with Crippen LogP contribution >= 0.6 is 34.2 Å². The number of nitrogens with one attached hydrogen (secondary N) is 1. The zero-order valence-corrected chi connectivity index (χ0v) is 12.2. The number of hydrogen-bond donors (Lipinski definition) is 1. The molecule has 0 radical (unpaired) electrons. The number of halogens is 2. The fourth-order valence-corrected chi connectivity index (χ4v) is 2.90. The van der Waals surface area contributed by atoms with Crippen LogP contribution in [0.1, 0.15) is 19.3 Å². The fourth-order valence-electron chi connectivity index (χ4n) is 1.90. The van der Waals surface area contributed by atoms with Gasteiger partial charge in [0.1, 0.15) is 0 Å². The number of benzene rings is 1. The molecule has 1 atom stereocenters. The molecule has 0 spiro atoms. The van der Waals surface area contributed by atoms with E-state index >= 15 is 0 Å². The van der Waals surface area contributed by atoms with Gasteiger partial charge in [-0.1, -0.05) is 23.8 Å². The molecule has 0 aliphatic heterocycles. The van der Waals surface area contributed by atoms with Crippen LogP contribution in [0.4, 0.5) is 5.69 Å². The van der Waals surface area contributed by atoms with Crippen LogP contribution in [0.15, 0.2) is 30.4 Å². The van der Waals surface area contributed by atoms with E-state index in [0.717, 1.165) is 22.1 Å². The van der Waals surface area contributed by atoms with Crippen LogP contribution in [0.5, 0.6) is 0 Å². The second kappa shape index (κ2) is 5.87. The third-order valence-electron chi connectivity index (χ3n) is 2.77. The minimum Gasteiger partial charge on any atom is -0.325 e. The van der Waals surface area contributed by atoms with Gasteiger partial charge in [-0.3, -0.25) is 4.79 Å². The fraction of sp³-hybridized carbons (Fsp3) is 0.308. The molecule has 1 aromatic rings. The Kier molecular flexibility index (Phi) is 4.45. The van der Waals surface area contributed by atoms with Crippen molar-refractivity contribution in [1.82, 2.24) is 0 Å². The Morgan fingerprint density at radius 3 is 3.00 bits per heavy atom. The number of allylic oxidation sites excluding steroid dienone is 2. The second-order valence-electron chi connectivity index (χ2n) is 4.14. The van der Waals surface area contributed by atoms with Crippen molar-refractivity contribution in [2.24, 2.45) is 5.92 Å². The van der Waals surface area contributed by atoms with Crippen LogP contribution in [-0.2, 0) is 4.79 Å². The summed E-state index contributed by atoms with van der Waals surface area (Å²) in [5.41, 5.74) is 0.835. The molecule has 0 saturated heterocycles. The first-order chi connectivity index (χ1) is 8.15. The molecule has 0 aromatic heterocycles. The van der Waals surface area contributed by atoms with Gasteiger partial charge in [-0.2, -0.15) is 0 Å². The highest BCUT2D eigenvalue weighted by Crippen LogP contribution is 2.24. The molecule has 0 fully saturated rings. The maximum atomic E-state index is 11.8. The molecular formula is C13H13ClINO. The highest BCUT2D eigenvalue weighted by Gasteiger charge is 2.14. The summed E-state index contributed by atoms with van der Waals surface area (Å²) in [4.78, 5) is 11.8. The Morgan fingerprint density at radius 1 is 1.53 bits per heavy atom. The highest BCUT2D eigenvalue weighted by atomic mass is 127. The first-order valence-corrected chi connectivity index (χ1v) is 7.02. The van der Waals surface area contributed by atoms with E-state index in [1.165, 1.54) is 0 Å². The summed E-state index contributed by atoms with van der Waals surface area (Å²) in [5, 5.41) is 3.61. The van der Waals surface area contributed by atoms with Crippen LogP contribution in [-0.4, -0.2) is 5.91 Å². The SMILES string of the molecule is O=C(CC1C=CCC1)Nc1ccc(Cl)cc1I. The van der Waals surface area contributed by atoms with Gasteiger partial charge >= 0.3 is 0 Å². The van der Waals surface area contributed by atoms with Crippen molar-refractivity contribution in [1.29, 1.82) is 0 Å². The summed E-state index contributed by atoms with van der Waals surface area (Å²) in [6, 6.07) is 5.47. The second-order valence-corrected chi connectivity index (χ2v) is 5.74. The quantitative estimate of drug-likeness (QED) is 0.633. The largest absolute Gasteiger partial charge is 0.325 e. The first-order valence-electron chi connectivity index (χ1n) is 5.57. The minimum atomic E-state index is 0.0711. The van der Waals surface area contributed by atoms with Crippen LogP contribution in [0.3, 0.4) is 0 Å². The monoisotopic (exact) mass is 361 g/mol. The Hall–Kier alpha value is -0.550. The Bertz CT molecular complexity index is 459. The molecule has 1 N–H and O–H groups in total. The van der Waals surface area contributed by atoms with E-state index in [0.29, 0.717) is 17.4 Å². The topological polar surface area (TPSA) is 29.1 Å². The van der Waals surface area contributed by atoms with Gasteiger partial charge in [0.25, 0.3) is 0 Å². The lowest BCUT2D eigenvalue weighted by Gasteiger charge is -2.10. The smallest absolute Gasteiger partial charge is 0.224 e. The van der Waals surface area contributed by atoms with Gasteiger partial charge in [0.05, 0.1) is 5.69 Å². The third-order valence-corrected chi connectivity index (χ3v) is 3.89. The van der Waals surface area contributed by atoms with E-state index < -0.39 is 0 Å². The lowest BCUT2D eigenvalue weighted by Crippen LogP contribution is -2.15. The molecular weight excluding hydrogens is 349 g/mol. The van der Waals surface area contributed by atoms with E-state index in [9.17, 15) is 4.79 Å². The maximum Gasteiger partial charge on any atom is 0.224 e. The summed E-state index contributed by atoms with van der Waals surface area (Å²) >= 11 is 8.04. The van der Waals surface area contributed by atoms with Gasteiger partial charge < -0.3 is 5.32 Å². The minimum absolute atomic E-state index is 0.0711. The van der Waals surface area contributed by atoms with Crippen LogP contribution < -0.4 is 5.32 Å². The predicted molar refractivity (Wildman–Crippen MR) is 79.3 cm³/mol. The van der Waals surface area contributed by atoms with E-state index in [1.54, 1.807) is 6.07 Å². The predicted octanol–water partition coefficient (Wildman–Crippen LogP) is 4.24. The van der Waals surface area contributed by atoms with Gasteiger partial charge in [0, 0.05) is 15.0 Å². The molecule has 0 bridgehead atoms. The highest BCUT2D eigenvalue weighted by molar-refractivity contribution is 14.1. The average Bonchev–Trinajstić information content (AvgIpc) is 2.75. The van der Waals surface area contributed by atoms with Crippen molar-refractivity contribution in [2.75, 3.05) is 5.32 Å². The van der Waals surface area contributed by atoms with Crippen LogP contribution in [0.2, 0.25) is 5.02 Å². The summed E-state index contributed by atoms with van der Waals surface area (Å²) in [5.74, 6) is 0.474. The van der Waals surface area contributed by atoms with Crippen molar-refractivity contribution < 1.29 is 4.79 Å². The summed E-state index contributed by atoms with van der Waals surface area (Å²) in [6.07, 6.45) is 7.02. The summed E-state index contributed by atoms with van der Waals surface area (Å²) in [6.45, 7) is 0. The Morgan fingerprint density at radius 2 is 2.35 bits per heavy atom. The standard InChI is InChI=1S/C13H13ClINO/c14-10-5-6-12(11(15)8-10)16-13(17)7-9-3-1-2-4-9/h1,3,5-6,8-9H,2,4,7H2,(H,16,17). The molecule has 1 aliphatic carbocycles.